The highest BCUT2D eigenvalue weighted by molar-refractivity contribution is 5.42. The molecule has 2 rings (SSSR count). The van der Waals surface area contributed by atoms with E-state index >= 15 is 0 Å². The second-order valence-corrected chi connectivity index (χ2v) is 4.84. The third-order valence-corrected chi connectivity index (χ3v) is 3.59. The first-order valence-corrected chi connectivity index (χ1v) is 6.85. The van der Waals surface area contributed by atoms with Crippen LogP contribution in [-0.4, -0.2) is 20.8 Å². The zero-order valence-corrected chi connectivity index (χ0v) is 12.3. The average molecular weight is 289 g/mol. The van der Waals surface area contributed by atoms with Crippen molar-refractivity contribution >= 4 is 0 Å². The minimum absolute atomic E-state index is 0.0894. The van der Waals surface area contributed by atoms with Crippen molar-refractivity contribution in [2.75, 3.05) is 20.8 Å². The summed E-state index contributed by atoms with van der Waals surface area (Å²) in [7, 11) is 3.22. The van der Waals surface area contributed by atoms with Crippen LogP contribution in [0.3, 0.4) is 0 Å². The van der Waals surface area contributed by atoms with Gasteiger partial charge in [0.25, 0.3) is 0 Å². The summed E-state index contributed by atoms with van der Waals surface area (Å²) in [4.78, 5) is 0. The van der Waals surface area contributed by atoms with Gasteiger partial charge in [-0.15, -0.1) is 0 Å². The first-order valence-electron chi connectivity index (χ1n) is 6.85. The smallest absolute Gasteiger partial charge is 0.126 e. The first kappa shape index (κ1) is 15.3. The molecule has 2 aromatic carbocycles. The van der Waals surface area contributed by atoms with Crippen molar-refractivity contribution in [2.45, 2.75) is 12.3 Å². The van der Waals surface area contributed by atoms with Crippen LogP contribution in [0.15, 0.2) is 42.5 Å². The number of nitrogens with two attached hydrogens (primary N) is 1. The van der Waals surface area contributed by atoms with Crippen LogP contribution in [0.5, 0.6) is 11.5 Å². The van der Waals surface area contributed by atoms with Gasteiger partial charge in [-0.2, -0.15) is 0 Å². The third-order valence-electron chi connectivity index (χ3n) is 3.59. The van der Waals surface area contributed by atoms with Crippen LogP contribution in [0.25, 0.3) is 0 Å². The van der Waals surface area contributed by atoms with Crippen molar-refractivity contribution in [2.24, 2.45) is 5.73 Å². The second-order valence-electron chi connectivity index (χ2n) is 4.84. The molecule has 112 valence electrons. The monoisotopic (exact) mass is 289 g/mol. The van der Waals surface area contributed by atoms with E-state index in [4.69, 9.17) is 15.2 Å². The molecule has 0 radical (unpaired) electrons. The maximum absolute atomic E-state index is 13.9. The number of ether oxygens (including phenoxy) is 2. The number of rotatable bonds is 6. The molecule has 1 atom stereocenters. The Hall–Kier alpha value is -2.07. The lowest BCUT2D eigenvalue weighted by Gasteiger charge is -2.18. The Morgan fingerprint density at radius 1 is 1.10 bits per heavy atom. The lowest BCUT2D eigenvalue weighted by molar-refractivity contribution is 0.390. The van der Waals surface area contributed by atoms with E-state index in [0.29, 0.717) is 18.5 Å². The molecule has 1 unspecified atom stereocenters. The van der Waals surface area contributed by atoms with E-state index in [1.165, 1.54) is 6.07 Å². The van der Waals surface area contributed by atoms with Crippen LogP contribution in [0.1, 0.15) is 17.0 Å². The van der Waals surface area contributed by atoms with E-state index in [2.05, 4.69) is 0 Å². The largest absolute Gasteiger partial charge is 0.497 e. The lowest BCUT2D eigenvalue weighted by Crippen LogP contribution is -2.16. The summed E-state index contributed by atoms with van der Waals surface area (Å²) in [5, 5.41) is 0. The summed E-state index contributed by atoms with van der Waals surface area (Å²) < 4.78 is 24.5. The second kappa shape index (κ2) is 7.09. The molecule has 3 nitrogen and oxygen atoms in total. The first-order chi connectivity index (χ1) is 10.2. The van der Waals surface area contributed by atoms with Crippen molar-refractivity contribution in [3.8, 4) is 11.5 Å². The fourth-order valence-corrected chi connectivity index (χ4v) is 2.41. The molecule has 0 aliphatic carbocycles. The summed E-state index contributed by atoms with van der Waals surface area (Å²) in [6.45, 7) is 0.371. The fourth-order valence-electron chi connectivity index (χ4n) is 2.41. The van der Waals surface area contributed by atoms with E-state index in [1.54, 1.807) is 26.4 Å². The van der Waals surface area contributed by atoms with Crippen molar-refractivity contribution in [1.29, 1.82) is 0 Å². The predicted octanol–water partition coefficient (Wildman–Crippen LogP) is 3.13. The molecule has 4 heteroatoms. The van der Waals surface area contributed by atoms with Gasteiger partial charge in [0, 0.05) is 12.0 Å². The van der Waals surface area contributed by atoms with E-state index in [0.717, 1.165) is 17.1 Å². The molecular weight excluding hydrogens is 269 g/mol. The van der Waals surface area contributed by atoms with Gasteiger partial charge in [-0.05, 0) is 36.2 Å². The van der Waals surface area contributed by atoms with E-state index in [-0.39, 0.29) is 11.7 Å². The molecule has 0 bridgehead atoms. The lowest BCUT2D eigenvalue weighted by atomic mass is 9.91. The summed E-state index contributed by atoms with van der Waals surface area (Å²) in [6, 6.07) is 12.4. The minimum atomic E-state index is -0.222. The number of halogens is 1. The Bertz CT molecular complexity index is 601. The maximum atomic E-state index is 13.9. The molecule has 2 aromatic rings. The highest BCUT2D eigenvalue weighted by atomic mass is 19.1. The summed E-state index contributed by atoms with van der Waals surface area (Å²) >= 11 is 0. The third kappa shape index (κ3) is 3.52. The van der Waals surface area contributed by atoms with Gasteiger partial charge in [0.2, 0.25) is 0 Å². The summed E-state index contributed by atoms with van der Waals surface area (Å²) in [5.74, 6) is 1.14. The molecule has 0 amide bonds. The van der Waals surface area contributed by atoms with Crippen LogP contribution >= 0.6 is 0 Å². The standard InChI is InChI=1S/C17H20FNO2/c1-20-14-8-7-12(17(10-14)21-2)9-13(11-19)15-5-3-4-6-16(15)18/h3-8,10,13H,9,11,19H2,1-2H3. The topological polar surface area (TPSA) is 44.5 Å². The SMILES string of the molecule is COc1ccc(CC(CN)c2ccccc2F)c(OC)c1. The Morgan fingerprint density at radius 2 is 1.86 bits per heavy atom. The van der Waals surface area contributed by atoms with E-state index in [9.17, 15) is 4.39 Å². The molecule has 0 aliphatic heterocycles. The van der Waals surface area contributed by atoms with E-state index in [1.807, 2.05) is 24.3 Å². The van der Waals surface area contributed by atoms with E-state index < -0.39 is 0 Å². The summed E-state index contributed by atoms with van der Waals surface area (Å²) in [6.07, 6.45) is 0.616. The van der Waals surface area contributed by atoms with Crippen LogP contribution in [0, 0.1) is 5.82 Å². The van der Waals surface area contributed by atoms with Crippen molar-refractivity contribution < 1.29 is 13.9 Å². The number of hydrogen-bond donors (Lipinski definition) is 1. The molecule has 0 saturated carbocycles. The molecule has 21 heavy (non-hydrogen) atoms. The highest BCUT2D eigenvalue weighted by Crippen LogP contribution is 2.30. The van der Waals surface area contributed by atoms with Gasteiger partial charge < -0.3 is 15.2 Å². The van der Waals surface area contributed by atoms with Crippen LogP contribution in [-0.2, 0) is 6.42 Å². The van der Waals surface area contributed by atoms with Crippen LogP contribution in [0.2, 0.25) is 0 Å². The molecule has 0 aliphatic rings. The Labute approximate surface area is 124 Å². The molecular formula is C17H20FNO2. The van der Waals surface area contributed by atoms with Gasteiger partial charge in [0.05, 0.1) is 14.2 Å². The Kier molecular flexibility index (Phi) is 5.17. The van der Waals surface area contributed by atoms with Gasteiger partial charge in [-0.25, -0.2) is 4.39 Å². The summed E-state index contributed by atoms with van der Waals surface area (Å²) in [5.41, 5.74) is 7.46. The van der Waals surface area contributed by atoms with Crippen molar-refractivity contribution in [1.82, 2.24) is 0 Å². The van der Waals surface area contributed by atoms with Gasteiger partial charge in [-0.3, -0.25) is 0 Å². The molecule has 0 fully saturated rings. The Morgan fingerprint density at radius 3 is 2.48 bits per heavy atom. The predicted molar refractivity (Wildman–Crippen MR) is 81.4 cm³/mol. The average Bonchev–Trinajstić information content (AvgIpc) is 2.53. The van der Waals surface area contributed by atoms with Crippen LogP contribution in [0.4, 0.5) is 4.39 Å². The number of hydrogen-bond acceptors (Lipinski definition) is 3. The quantitative estimate of drug-likeness (QED) is 0.888. The zero-order chi connectivity index (χ0) is 15.2. The minimum Gasteiger partial charge on any atom is -0.497 e. The van der Waals surface area contributed by atoms with Crippen LogP contribution < -0.4 is 15.2 Å². The molecule has 0 heterocycles. The number of benzene rings is 2. The number of methoxy groups -OCH3 is 2. The molecule has 0 spiro atoms. The van der Waals surface area contributed by atoms with Gasteiger partial charge in [-0.1, -0.05) is 24.3 Å². The zero-order valence-electron chi connectivity index (χ0n) is 12.3. The van der Waals surface area contributed by atoms with Gasteiger partial charge >= 0.3 is 0 Å². The molecule has 0 saturated heterocycles. The molecule has 2 N–H and O–H groups in total. The highest BCUT2D eigenvalue weighted by Gasteiger charge is 2.17. The fraction of sp³-hybridized carbons (Fsp3) is 0.294. The van der Waals surface area contributed by atoms with Crippen molar-refractivity contribution in [3.63, 3.8) is 0 Å². The molecule has 0 aromatic heterocycles. The van der Waals surface area contributed by atoms with Gasteiger partial charge in [0.15, 0.2) is 0 Å². The normalized spacial score (nSPS) is 12.0. The maximum Gasteiger partial charge on any atom is 0.126 e. The van der Waals surface area contributed by atoms with Gasteiger partial charge in [0.1, 0.15) is 17.3 Å². The van der Waals surface area contributed by atoms with Crippen molar-refractivity contribution in [3.05, 3.63) is 59.4 Å². The Balaban J connectivity index is 2.29.